The van der Waals surface area contributed by atoms with Gasteiger partial charge in [-0.2, -0.15) is 0 Å². The van der Waals surface area contributed by atoms with Crippen molar-refractivity contribution < 1.29 is 23.9 Å². The molecule has 2 amide bonds. The lowest BCUT2D eigenvalue weighted by Gasteiger charge is -2.29. The lowest BCUT2D eigenvalue weighted by molar-refractivity contribution is -0.151. The molecule has 0 aliphatic carbocycles. The van der Waals surface area contributed by atoms with E-state index in [0.717, 1.165) is 6.42 Å². The first kappa shape index (κ1) is 19.8. The number of ether oxygens (including phenoxy) is 2. The average Bonchev–Trinajstić information content (AvgIpc) is 3.14. The molecule has 7 heteroatoms. The fourth-order valence-electron chi connectivity index (χ4n) is 3.07. The molecule has 1 heterocycles. The second-order valence-corrected chi connectivity index (χ2v) is 6.64. The highest BCUT2D eigenvalue weighted by Crippen LogP contribution is 2.21. The van der Waals surface area contributed by atoms with E-state index in [4.69, 9.17) is 9.47 Å². The van der Waals surface area contributed by atoms with Crippen LogP contribution in [0, 0.1) is 5.92 Å². The van der Waals surface area contributed by atoms with Crippen LogP contribution in [0.1, 0.15) is 37.0 Å². The van der Waals surface area contributed by atoms with Crippen LogP contribution < -0.4 is 10.1 Å². The van der Waals surface area contributed by atoms with Gasteiger partial charge in [0.15, 0.2) is 0 Å². The number of rotatable bonds is 6. The van der Waals surface area contributed by atoms with Crippen LogP contribution in [0.25, 0.3) is 0 Å². The van der Waals surface area contributed by atoms with E-state index >= 15 is 0 Å². The summed E-state index contributed by atoms with van der Waals surface area (Å²) in [5.74, 6) is -0.484. The summed E-state index contributed by atoms with van der Waals surface area (Å²) in [6.45, 7) is 4.21. The number of hydrogen-bond acceptors (Lipinski definition) is 5. The molecule has 1 saturated heterocycles. The average molecular weight is 362 g/mol. The van der Waals surface area contributed by atoms with E-state index < -0.39 is 18.1 Å². The van der Waals surface area contributed by atoms with Crippen LogP contribution in [0.4, 0.5) is 0 Å². The first-order valence-electron chi connectivity index (χ1n) is 8.72. The van der Waals surface area contributed by atoms with Crippen LogP contribution in [0.5, 0.6) is 5.75 Å². The molecule has 0 radical (unpaired) electrons. The number of methoxy groups -OCH3 is 2. The molecule has 142 valence electrons. The fourth-order valence-corrected chi connectivity index (χ4v) is 3.07. The number of hydrogen-bond donors (Lipinski definition) is 1. The van der Waals surface area contributed by atoms with Gasteiger partial charge in [-0.05, 0) is 43.0 Å². The SMILES string of the molecule is COC(=O)[C@@H]1CCCN1C(=O)C(NC(=O)c1ccc(OC)cc1)C(C)C. The van der Waals surface area contributed by atoms with Crippen molar-refractivity contribution >= 4 is 17.8 Å². The molecule has 0 saturated carbocycles. The molecule has 1 aliphatic rings. The van der Waals surface area contributed by atoms with Gasteiger partial charge in [0.2, 0.25) is 5.91 Å². The highest BCUT2D eigenvalue weighted by atomic mass is 16.5. The minimum atomic E-state index is -0.713. The standard InChI is InChI=1S/C19H26N2O5/c1-12(2)16(18(23)21-11-5-6-15(21)19(24)26-4)20-17(22)13-7-9-14(25-3)10-8-13/h7-10,12,15-16H,5-6,11H2,1-4H3,(H,20,22)/t15-,16?/m0/s1. The van der Waals surface area contributed by atoms with Gasteiger partial charge in [0.1, 0.15) is 17.8 Å². The van der Waals surface area contributed by atoms with E-state index in [-0.39, 0.29) is 17.7 Å². The van der Waals surface area contributed by atoms with Crippen molar-refractivity contribution in [2.24, 2.45) is 5.92 Å². The van der Waals surface area contributed by atoms with Crippen LogP contribution >= 0.6 is 0 Å². The summed E-state index contributed by atoms with van der Waals surface area (Å²) in [5, 5.41) is 2.80. The Balaban J connectivity index is 2.13. The summed E-state index contributed by atoms with van der Waals surface area (Å²) in [7, 11) is 2.87. The summed E-state index contributed by atoms with van der Waals surface area (Å²) < 4.78 is 9.88. The Morgan fingerprint density at radius 2 is 1.81 bits per heavy atom. The van der Waals surface area contributed by atoms with Gasteiger partial charge >= 0.3 is 5.97 Å². The summed E-state index contributed by atoms with van der Waals surface area (Å²) in [6.07, 6.45) is 1.32. The van der Waals surface area contributed by atoms with Crippen LogP contribution in [-0.2, 0) is 14.3 Å². The van der Waals surface area contributed by atoms with Gasteiger partial charge in [-0.25, -0.2) is 4.79 Å². The third-order valence-corrected chi connectivity index (χ3v) is 4.58. The lowest BCUT2D eigenvalue weighted by atomic mass is 10.0. The van der Waals surface area contributed by atoms with Crippen molar-refractivity contribution in [3.8, 4) is 5.75 Å². The number of carbonyl (C=O) groups is 3. The van der Waals surface area contributed by atoms with Crippen molar-refractivity contribution in [1.29, 1.82) is 0 Å². The number of nitrogens with one attached hydrogen (secondary N) is 1. The first-order chi connectivity index (χ1) is 12.4. The molecule has 1 aliphatic heterocycles. The molecule has 2 atom stereocenters. The Morgan fingerprint density at radius 3 is 2.35 bits per heavy atom. The number of amides is 2. The predicted molar refractivity (Wildman–Crippen MR) is 95.8 cm³/mol. The molecule has 26 heavy (non-hydrogen) atoms. The zero-order chi connectivity index (χ0) is 19.3. The molecule has 1 aromatic rings. The molecule has 0 bridgehead atoms. The Labute approximate surface area is 153 Å². The third-order valence-electron chi connectivity index (χ3n) is 4.58. The van der Waals surface area contributed by atoms with Crippen molar-refractivity contribution in [3.63, 3.8) is 0 Å². The maximum Gasteiger partial charge on any atom is 0.328 e. The van der Waals surface area contributed by atoms with E-state index in [1.54, 1.807) is 31.4 Å². The topological polar surface area (TPSA) is 84.9 Å². The van der Waals surface area contributed by atoms with Gasteiger partial charge in [0.25, 0.3) is 5.91 Å². The maximum atomic E-state index is 13.0. The minimum Gasteiger partial charge on any atom is -0.497 e. The second-order valence-electron chi connectivity index (χ2n) is 6.64. The van der Waals surface area contributed by atoms with Crippen LogP contribution in [0.3, 0.4) is 0 Å². The summed E-state index contributed by atoms with van der Waals surface area (Å²) in [6, 6.07) is 5.37. The van der Waals surface area contributed by atoms with Gasteiger partial charge < -0.3 is 19.7 Å². The van der Waals surface area contributed by atoms with Gasteiger partial charge in [-0.15, -0.1) is 0 Å². The minimum absolute atomic E-state index is 0.122. The number of likely N-dealkylation sites (tertiary alicyclic amines) is 1. The second kappa shape index (κ2) is 8.69. The largest absolute Gasteiger partial charge is 0.497 e. The number of carbonyl (C=O) groups excluding carboxylic acids is 3. The van der Waals surface area contributed by atoms with Crippen molar-refractivity contribution in [3.05, 3.63) is 29.8 Å². The van der Waals surface area contributed by atoms with Crippen molar-refractivity contribution in [1.82, 2.24) is 10.2 Å². The van der Waals surface area contributed by atoms with E-state index in [1.165, 1.54) is 12.0 Å². The molecular formula is C19H26N2O5. The molecule has 1 aromatic carbocycles. The maximum absolute atomic E-state index is 13.0. The van der Waals surface area contributed by atoms with E-state index in [0.29, 0.717) is 24.3 Å². The Morgan fingerprint density at radius 1 is 1.15 bits per heavy atom. The van der Waals surface area contributed by atoms with Gasteiger partial charge in [-0.3, -0.25) is 9.59 Å². The number of esters is 1. The Kier molecular flexibility index (Phi) is 6.60. The van der Waals surface area contributed by atoms with Crippen molar-refractivity contribution in [2.45, 2.75) is 38.8 Å². The van der Waals surface area contributed by atoms with E-state index in [2.05, 4.69) is 5.32 Å². The zero-order valence-electron chi connectivity index (χ0n) is 15.7. The Bertz CT molecular complexity index is 656. The molecule has 1 N–H and O–H groups in total. The van der Waals surface area contributed by atoms with Crippen molar-refractivity contribution in [2.75, 3.05) is 20.8 Å². The monoisotopic (exact) mass is 362 g/mol. The van der Waals surface area contributed by atoms with Gasteiger partial charge in [-0.1, -0.05) is 13.8 Å². The highest BCUT2D eigenvalue weighted by Gasteiger charge is 2.39. The molecule has 7 nitrogen and oxygen atoms in total. The molecule has 2 rings (SSSR count). The lowest BCUT2D eigenvalue weighted by Crippen LogP contribution is -2.53. The molecule has 0 spiro atoms. The van der Waals surface area contributed by atoms with Crippen LogP contribution in [-0.4, -0.2) is 55.5 Å². The summed E-state index contributed by atoms with van der Waals surface area (Å²) in [4.78, 5) is 38.9. The highest BCUT2D eigenvalue weighted by molar-refractivity contribution is 5.98. The number of benzene rings is 1. The summed E-state index contributed by atoms with van der Waals surface area (Å²) in [5.41, 5.74) is 0.440. The quantitative estimate of drug-likeness (QED) is 0.777. The molecule has 1 unspecified atom stereocenters. The molecule has 1 fully saturated rings. The third kappa shape index (κ3) is 4.33. The van der Waals surface area contributed by atoms with Gasteiger partial charge in [0, 0.05) is 12.1 Å². The van der Waals surface area contributed by atoms with E-state index in [9.17, 15) is 14.4 Å². The fraction of sp³-hybridized carbons (Fsp3) is 0.526. The molecular weight excluding hydrogens is 336 g/mol. The van der Waals surface area contributed by atoms with E-state index in [1.807, 2.05) is 13.8 Å². The Hall–Kier alpha value is -2.57. The number of nitrogens with zero attached hydrogens (tertiary/aromatic N) is 1. The summed E-state index contributed by atoms with van der Waals surface area (Å²) >= 11 is 0. The van der Waals surface area contributed by atoms with Gasteiger partial charge in [0.05, 0.1) is 14.2 Å². The predicted octanol–water partition coefficient (Wildman–Crippen LogP) is 1.61. The van der Waals surface area contributed by atoms with Crippen LogP contribution in [0.2, 0.25) is 0 Å². The first-order valence-corrected chi connectivity index (χ1v) is 8.72. The zero-order valence-corrected chi connectivity index (χ0v) is 15.7. The normalized spacial score (nSPS) is 17.7. The molecule has 0 aromatic heterocycles. The smallest absolute Gasteiger partial charge is 0.328 e. The van der Waals surface area contributed by atoms with Crippen LogP contribution in [0.15, 0.2) is 24.3 Å².